The van der Waals surface area contributed by atoms with E-state index in [9.17, 15) is 0 Å². The molecule has 0 unspecified atom stereocenters. The van der Waals surface area contributed by atoms with Crippen LogP contribution in [0.2, 0.25) is 5.15 Å². The number of aliphatic hydroxyl groups excluding tert-OH is 1. The lowest BCUT2D eigenvalue weighted by molar-refractivity contribution is 0.282. The number of aliphatic hydroxyl groups is 1. The third-order valence-electron chi connectivity index (χ3n) is 3.34. The molecule has 2 rings (SSSR count). The Morgan fingerprint density at radius 2 is 2.24 bits per heavy atom. The van der Waals surface area contributed by atoms with Crippen molar-refractivity contribution in [3.63, 3.8) is 0 Å². The fourth-order valence-corrected chi connectivity index (χ4v) is 2.24. The summed E-state index contributed by atoms with van der Waals surface area (Å²) in [5.74, 6) is 0.920. The highest BCUT2D eigenvalue weighted by Crippen LogP contribution is 2.31. The minimum Gasteiger partial charge on any atom is -0.396 e. The van der Waals surface area contributed by atoms with E-state index in [2.05, 4.69) is 14.9 Å². The van der Waals surface area contributed by atoms with Gasteiger partial charge in [-0.05, 0) is 32.6 Å². The summed E-state index contributed by atoms with van der Waals surface area (Å²) in [6, 6.07) is 0.547. The van der Waals surface area contributed by atoms with Crippen LogP contribution in [0.1, 0.15) is 31.2 Å². The number of hydrogen-bond donors (Lipinski definition) is 1. The van der Waals surface area contributed by atoms with Gasteiger partial charge in [-0.1, -0.05) is 11.6 Å². The highest BCUT2D eigenvalue weighted by molar-refractivity contribution is 6.30. The van der Waals surface area contributed by atoms with E-state index in [4.69, 9.17) is 16.7 Å². The molecule has 0 aliphatic heterocycles. The zero-order valence-electron chi connectivity index (χ0n) is 10.1. The van der Waals surface area contributed by atoms with Crippen LogP contribution in [-0.4, -0.2) is 34.3 Å². The first-order valence-corrected chi connectivity index (χ1v) is 6.46. The van der Waals surface area contributed by atoms with Gasteiger partial charge in [0.25, 0.3) is 0 Å². The second-order valence-electron chi connectivity index (χ2n) is 4.47. The van der Waals surface area contributed by atoms with Crippen molar-refractivity contribution in [2.75, 3.05) is 18.1 Å². The van der Waals surface area contributed by atoms with E-state index >= 15 is 0 Å². The number of hydrogen-bond acceptors (Lipinski definition) is 4. The zero-order chi connectivity index (χ0) is 12.3. The highest BCUT2D eigenvalue weighted by Gasteiger charge is 2.27. The Morgan fingerprint density at radius 1 is 1.47 bits per heavy atom. The molecule has 1 N–H and O–H groups in total. The maximum Gasteiger partial charge on any atom is 0.137 e. The van der Waals surface area contributed by atoms with Gasteiger partial charge in [0, 0.05) is 24.8 Å². The molecule has 5 heteroatoms. The minimum atomic E-state index is 0.209. The van der Waals surface area contributed by atoms with Crippen LogP contribution in [0.5, 0.6) is 0 Å². The Bertz CT molecular complexity index is 382. The third kappa shape index (κ3) is 2.69. The SMILES string of the molecule is Cc1c(Cl)ncnc1N(CCCO)C1CCC1. The number of aromatic nitrogens is 2. The lowest BCUT2D eigenvalue weighted by Gasteiger charge is -2.39. The van der Waals surface area contributed by atoms with Gasteiger partial charge in [-0.3, -0.25) is 0 Å². The fraction of sp³-hybridized carbons (Fsp3) is 0.667. The zero-order valence-corrected chi connectivity index (χ0v) is 10.8. The molecule has 1 aromatic heterocycles. The van der Waals surface area contributed by atoms with Gasteiger partial charge in [0.2, 0.25) is 0 Å². The van der Waals surface area contributed by atoms with E-state index in [1.165, 1.54) is 25.6 Å². The first-order chi connectivity index (χ1) is 8.24. The maximum absolute atomic E-state index is 8.97. The Hall–Kier alpha value is -0.870. The Kier molecular flexibility index (Phi) is 4.18. The first-order valence-electron chi connectivity index (χ1n) is 6.08. The molecular formula is C12H18ClN3O. The van der Waals surface area contributed by atoms with Gasteiger partial charge >= 0.3 is 0 Å². The van der Waals surface area contributed by atoms with Crippen LogP contribution >= 0.6 is 11.6 Å². The van der Waals surface area contributed by atoms with E-state index in [0.29, 0.717) is 11.2 Å². The molecule has 94 valence electrons. The molecule has 0 bridgehead atoms. The van der Waals surface area contributed by atoms with Crippen molar-refractivity contribution in [1.29, 1.82) is 0 Å². The van der Waals surface area contributed by atoms with Crippen LogP contribution in [0.25, 0.3) is 0 Å². The van der Waals surface area contributed by atoms with Crippen molar-refractivity contribution in [3.05, 3.63) is 17.0 Å². The second-order valence-corrected chi connectivity index (χ2v) is 4.83. The van der Waals surface area contributed by atoms with Crippen molar-refractivity contribution in [2.45, 2.75) is 38.6 Å². The first kappa shape index (κ1) is 12.6. The molecule has 0 aromatic carbocycles. The van der Waals surface area contributed by atoms with Crippen molar-refractivity contribution < 1.29 is 5.11 Å². The van der Waals surface area contributed by atoms with E-state index in [1.54, 1.807) is 0 Å². The monoisotopic (exact) mass is 255 g/mol. The molecule has 0 spiro atoms. The summed E-state index contributed by atoms with van der Waals surface area (Å²) in [7, 11) is 0. The topological polar surface area (TPSA) is 49.2 Å². The summed E-state index contributed by atoms with van der Waals surface area (Å²) in [5, 5.41) is 9.49. The summed E-state index contributed by atoms with van der Waals surface area (Å²) in [5.41, 5.74) is 0.930. The lowest BCUT2D eigenvalue weighted by Crippen LogP contribution is -2.42. The van der Waals surface area contributed by atoms with Crippen LogP contribution in [0.15, 0.2) is 6.33 Å². The maximum atomic E-state index is 8.97. The standard InChI is InChI=1S/C12H18ClN3O/c1-9-11(13)14-8-15-12(9)16(6-3-7-17)10-4-2-5-10/h8,10,17H,2-7H2,1H3. The van der Waals surface area contributed by atoms with E-state index < -0.39 is 0 Å². The van der Waals surface area contributed by atoms with Crippen molar-refractivity contribution >= 4 is 17.4 Å². The quantitative estimate of drug-likeness (QED) is 0.820. The average Bonchev–Trinajstić information content (AvgIpc) is 2.26. The lowest BCUT2D eigenvalue weighted by atomic mass is 9.91. The van der Waals surface area contributed by atoms with Crippen molar-refractivity contribution in [3.8, 4) is 0 Å². The molecule has 1 fully saturated rings. The predicted molar refractivity (Wildman–Crippen MR) is 68.5 cm³/mol. The largest absolute Gasteiger partial charge is 0.396 e. The van der Waals surface area contributed by atoms with Crippen LogP contribution in [-0.2, 0) is 0 Å². The summed E-state index contributed by atoms with van der Waals surface area (Å²) in [6.07, 6.45) is 5.95. The van der Waals surface area contributed by atoms with E-state index in [-0.39, 0.29) is 6.61 Å². The summed E-state index contributed by atoms with van der Waals surface area (Å²) in [4.78, 5) is 10.6. The van der Waals surface area contributed by atoms with E-state index in [0.717, 1.165) is 24.3 Å². The van der Waals surface area contributed by atoms with Gasteiger partial charge in [-0.15, -0.1) is 0 Å². The normalized spacial score (nSPS) is 15.7. The molecule has 0 atom stereocenters. The molecule has 1 saturated carbocycles. The number of rotatable bonds is 5. The molecule has 0 radical (unpaired) electrons. The fourth-order valence-electron chi connectivity index (χ4n) is 2.11. The number of halogens is 1. The van der Waals surface area contributed by atoms with Crippen LogP contribution < -0.4 is 4.90 Å². The van der Waals surface area contributed by atoms with Gasteiger partial charge in [0.1, 0.15) is 17.3 Å². The Labute approximate surface area is 107 Å². The highest BCUT2D eigenvalue weighted by atomic mass is 35.5. The summed E-state index contributed by atoms with van der Waals surface area (Å²) in [6.45, 7) is 2.98. The molecule has 1 aromatic rings. The molecule has 17 heavy (non-hydrogen) atoms. The average molecular weight is 256 g/mol. The number of nitrogens with zero attached hydrogens (tertiary/aromatic N) is 3. The molecule has 1 aliphatic carbocycles. The van der Waals surface area contributed by atoms with Gasteiger partial charge < -0.3 is 10.0 Å². The minimum absolute atomic E-state index is 0.209. The Balaban J connectivity index is 2.21. The van der Waals surface area contributed by atoms with Crippen molar-refractivity contribution in [2.24, 2.45) is 0 Å². The van der Waals surface area contributed by atoms with E-state index in [1.807, 2.05) is 6.92 Å². The third-order valence-corrected chi connectivity index (χ3v) is 3.72. The smallest absolute Gasteiger partial charge is 0.137 e. The molecular weight excluding hydrogens is 238 g/mol. The summed E-state index contributed by atoms with van der Waals surface area (Å²) < 4.78 is 0. The molecule has 0 saturated heterocycles. The molecule has 0 amide bonds. The van der Waals surface area contributed by atoms with Gasteiger partial charge in [-0.2, -0.15) is 0 Å². The second kappa shape index (κ2) is 5.65. The van der Waals surface area contributed by atoms with Gasteiger partial charge in [0.15, 0.2) is 0 Å². The molecule has 1 aliphatic rings. The molecule has 4 nitrogen and oxygen atoms in total. The van der Waals surface area contributed by atoms with Crippen LogP contribution in [0.4, 0.5) is 5.82 Å². The van der Waals surface area contributed by atoms with Crippen LogP contribution in [0, 0.1) is 6.92 Å². The number of anilines is 1. The molecule has 1 heterocycles. The van der Waals surface area contributed by atoms with Crippen molar-refractivity contribution in [1.82, 2.24) is 9.97 Å². The van der Waals surface area contributed by atoms with Gasteiger partial charge in [-0.25, -0.2) is 9.97 Å². The van der Waals surface area contributed by atoms with Gasteiger partial charge in [0.05, 0.1) is 0 Å². The Morgan fingerprint density at radius 3 is 2.82 bits per heavy atom. The summed E-state index contributed by atoms with van der Waals surface area (Å²) >= 11 is 6.03. The van der Waals surface area contributed by atoms with Crippen LogP contribution in [0.3, 0.4) is 0 Å². The predicted octanol–water partition coefficient (Wildman–Crippen LogP) is 2.18.